The molecule has 1 aromatic heterocycles. The van der Waals surface area contributed by atoms with E-state index >= 15 is 0 Å². The van der Waals surface area contributed by atoms with Crippen LogP contribution in [0.5, 0.6) is 0 Å². The molecule has 3 amide bonds. The summed E-state index contributed by atoms with van der Waals surface area (Å²) in [6, 6.07) is -1.22. The molecule has 2 fully saturated rings. The van der Waals surface area contributed by atoms with Crippen LogP contribution in [0.2, 0.25) is 0 Å². The average Bonchev–Trinajstić information content (AvgIpc) is 2.96. The highest BCUT2D eigenvalue weighted by Gasteiger charge is 2.46. The van der Waals surface area contributed by atoms with Gasteiger partial charge >= 0.3 is 0 Å². The average molecular weight is 378 g/mol. The number of hydrogen-bond donors (Lipinski definition) is 0. The van der Waals surface area contributed by atoms with Gasteiger partial charge in [-0.2, -0.15) is 0 Å². The summed E-state index contributed by atoms with van der Waals surface area (Å²) < 4.78 is 10.2. The van der Waals surface area contributed by atoms with Crippen molar-refractivity contribution in [1.82, 2.24) is 19.9 Å². The highest BCUT2D eigenvalue weighted by Crippen LogP contribution is 2.23. The molecule has 0 radical (unpaired) electrons. The summed E-state index contributed by atoms with van der Waals surface area (Å²) in [7, 11) is 1.58. The monoisotopic (exact) mass is 378 g/mol. The maximum atomic E-state index is 12.9. The number of amides is 3. The van der Waals surface area contributed by atoms with E-state index < -0.39 is 12.1 Å². The Kier molecular flexibility index (Phi) is 5.50. The number of methoxy groups -OCH3 is 1. The summed E-state index contributed by atoms with van der Waals surface area (Å²) in [5.74, 6) is 0.0801. The topological polar surface area (TPSA) is 96.2 Å². The number of rotatable bonds is 5. The molecule has 0 N–H and O–H groups in total. The number of aryl methyl sites for hydroxylation is 2. The maximum absolute atomic E-state index is 12.9. The molecule has 3 heterocycles. The van der Waals surface area contributed by atoms with Gasteiger partial charge in [0.2, 0.25) is 17.7 Å². The summed E-state index contributed by atoms with van der Waals surface area (Å²) in [5, 5.41) is 3.87. The number of piperazine rings is 2. The minimum atomic E-state index is -0.632. The van der Waals surface area contributed by atoms with Gasteiger partial charge in [-0.25, -0.2) is 0 Å². The van der Waals surface area contributed by atoms with Crippen molar-refractivity contribution in [3.8, 4) is 0 Å². The number of aromatic nitrogens is 1. The van der Waals surface area contributed by atoms with Gasteiger partial charge in [-0.05, 0) is 20.8 Å². The molecule has 0 bridgehead atoms. The number of ether oxygens (including phenoxy) is 1. The molecular formula is C18H26N4O5. The van der Waals surface area contributed by atoms with Gasteiger partial charge in [0.25, 0.3) is 0 Å². The van der Waals surface area contributed by atoms with Crippen molar-refractivity contribution >= 4 is 17.7 Å². The third kappa shape index (κ3) is 3.55. The van der Waals surface area contributed by atoms with Crippen LogP contribution in [-0.4, -0.2) is 89.6 Å². The van der Waals surface area contributed by atoms with Gasteiger partial charge in [0.05, 0.1) is 25.3 Å². The van der Waals surface area contributed by atoms with Crippen molar-refractivity contribution in [3.63, 3.8) is 0 Å². The van der Waals surface area contributed by atoms with E-state index in [0.29, 0.717) is 37.7 Å². The fourth-order valence-electron chi connectivity index (χ4n) is 3.75. The van der Waals surface area contributed by atoms with E-state index in [1.807, 2.05) is 0 Å². The Morgan fingerprint density at radius 1 is 1.26 bits per heavy atom. The lowest BCUT2D eigenvalue weighted by atomic mass is 10.0. The Morgan fingerprint density at radius 3 is 2.63 bits per heavy atom. The summed E-state index contributed by atoms with van der Waals surface area (Å²) in [6.45, 7) is 7.35. The summed E-state index contributed by atoms with van der Waals surface area (Å²) in [4.78, 5) is 43.3. The maximum Gasteiger partial charge on any atom is 0.247 e. The second-order valence-electron chi connectivity index (χ2n) is 7.07. The van der Waals surface area contributed by atoms with Gasteiger partial charge in [-0.15, -0.1) is 0 Å². The number of fused-ring (bicyclic) bond motifs is 1. The van der Waals surface area contributed by atoms with Crippen LogP contribution in [0, 0.1) is 13.8 Å². The first-order valence-electron chi connectivity index (χ1n) is 9.14. The van der Waals surface area contributed by atoms with Crippen LogP contribution in [0.15, 0.2) is 4.52 Å². The SMILES string of the molecule is COCCN1CCN2C(=O)C(C)N(C(=O)Cc3c(C)noc3C)CC2C1=O. The first-order valence-corrected chi connectivity index (χ1v) is 9.14. The predicted molar refractivity (Wildman–Crippen MR) is 94.8 cm³/mol. The van der Waals surface area contributed by atoms with Crippen molar-refractivity contribution in [2.24, 2.45) is 0 Å². The molecule has 2 unspecified atom stereocenters. The van der Waals surface area contributed by atoms with Crippen LogP contribution in [-0.2, 0) is 25.5 Å². The van der Waals surface area contributed by atoms with E-state index in [1.165, 1.54) is 4.90 Å². The van der Waals surface area contributed by atoms with Crippen LogP contribution in [0.1, 0.15) is 23.9 Å². The van der Waals surface area contributed by atoms with Gasteiger partial charge in [-0.3, -0.25) is 14.4 Å². The molecule has 3 rings (SSSR count). The van der Waals surface area contributed by atoms with Crippen LogP contribution >= 0.6 is 0 Å². The summed E-state index contributed by atoms with van der Waals surface area (Å²) >= 11 is 0. The quantitative estimate of drug-likeness (QED) is 0.701. The number of carbonyl (C=O) groups is 3. The molecule has 1 aromatic rings. The molecule has 0 aliphatic carbocycles. The van der Waals surface area contributed by atoms with Gasteiger partial charge < -0.3 is 24.0 Å². The zero-order valence-corrected chi connectivity index (χ0v) is 16.2. The van der Waals surface area contributed by atoms with E-state index in [4.69, 9.17) is 9.26 Å². The third-order valence-corrected chi connectivity index (χ3v) is 5.46. The second-order valence-corrected chi connectivity index (χ2v) is 7.07. The molecule has 2 saturated heterocycles. The van der Waals surface area contributed by atoms with Crippen molar-refractivity contribution in [3.05, 3.63) is 17.0 Å². The molecule has 9 heteroatoms. The van der Waals surface area contributed by atoms with E-state index in [9.17, 15) is 14.4 Å². The number of carbonyl (C=O) groups excluding carboxylic acids is 3. The summed E-state index contributed by atoms with van der Waals surface area (Å²) in [5.41, 5.74) is 1.40. The fourth-order valence-corrected chi connectivity index (χ4v) is 3.75. The minimum absolute atomic E-state index is 0.104. The molecule has 0 spiro atoms. The molecule has 2 atom stereocenters. The highest BCUT2D eigenvalue weighted by atomic mass is 16.5. The number of nitrogens with zero attached hydrogens (tertiary/aromatic N) is 4. The number of hydrogen-bond acceptors (Lipinski definition) is 6. The highest BCUT2D eigenvalue weighted by molar-refractivity contribution is 5.95. The van der Waals surface area contributed by atoms with Gasteiger partial charge in [0, 0.05) is 32.3 Å². The lowest BCUT2D eigenvalue weighted by molar-refractivity contribution is -0.165. The lowest BCUT2D eigenvalue weighted by Gasteiger charge is -2.48. The molecule has 2 aliphatic rings. The van der Waals surface area contributed by atoms with Crippen molar-refractivity contribution in [2.45, 2.75) is 39.3 Å². The third-order valence-electron chi connectivity index (χ3n) is 5.46. The fraction of sp³-hybridized carbons (Fsp3) is 0.667. The first-order chi connectivity index (χ1) is 12.8. The standard InChI is InChI=1S/C18H26N4O5/c1-11-14(13(3)27-19-11)9-16(23)22-10-15-18(25)20(7-8-26-4)5-6-21(15)17(24)12(22)2/h12,15H,5-10H2,1-4H3. The van der Waals surface area contributed by atoms with E-state index in [-0.39, 0.29) is 30.7 Å². The Labute approximate surface area is 158 Å². The molecule has 0 aromatic carbocycles. The van der Waals surface area contributed by atoms with Gasteiger partial charge in [0.15, 0.2) is 0 Å². The summed E-state index contributed by atoms with van der Waals surface area (Å²) in [6.07, 6.45) is 0.104. The Balaban J connectivity index is 1.76. The van der Waals surface area contributed by atoms with E-state index in [0.717, 1.165) is 5.56 Å². The normalized spacial score (nSPS) is 23.0. The zero-order chi connectivity index (χ0) is 19.7. The molecule has 2 aliphatic heterocycles. The molecule has 0 saturated carbocycles. The van der Waals surface area contributed by atoms with Crippen molar-refractivity contribution in [1.29, 1.82) is 0 Å². The second kappa shape index (κ2) is 7.67. The predicted octanol–water partition coefficient (Wildman–Crippen LogP) is -0.250. The Bertz CT molecular complexity index is 727. The molecular weight excluding hydrogens is 352 g/mol. The van der Waals surface area contributed by atoms with Crippen LogP contribution < -0.4 is 0 Å². The zero-order valence-electron chi connectivity index (χ0n) is 16.2. The van der Waals surface area contributed by atoms with Gasteiger partial charge in [0.1, 0.15) is 17.8 Å². The van der Waals surface area contributed by atoms with Crippen LogP contribution in [0.3, 0.4) is 0 Å². The van der Waals surface area contributed by atoms with Crippen LogP contribution in [0.25, 0.3) is 0 Å². The Morgan fingerprint density at radius 2 is 2.00 bits per heavy atom. The smallest absolute Gasteiger partial charge is 0.247 e. The molecule has 9 nitrogen and oxygen atoms in total. The van der Waals surface area contributed by atoms with E-state index in [2.05, 4.69) is 5.16 Å². The van der Waals surface area contributed by atoms with Crippen molar-refractivity contribution in [2.75, 3.05) is 39.9 Å². The first kappa shape index (κ1) is 19.3. The van der Waals surface area contributed by atoms with Crippen LogP contribution in [0.4, 0.5) is 0 Å². The van der Waals surface area contributed by atoms with Gasteiger partial charge in [-0.1, -0.05) is 5.16 Å². The molecule has 27 heavy (non-hydrogen) atoms. The Hall–Kier alpha value is -2.42. The minimum Gasteiger partial charge on any atom is -0.383 e. The lowest BCUT2D eigenvalue weighted by Crippen LogP contribution is -2.70. The van der Waals surface area contributed by atoms with E-state index in [1.54, 1.807) is 37.7 Å². The molecule has 148 valence electrons. The largest absolute Gasteiger partial charge is 0.383 e. The van der Waals surface area contributed by atoms with Crippen molar-refractivity contribution < 1.29 is 23.6 Å².